The first kappa shape index (κ1) is 20.5. The zero-order valence-electron chi connectivity index (χ0n) is 17.1. The molecule has 7 heteroatoms. The molecule has 0 aliphatic carbocycles. The van der Waals surface area contributed by atoms with E-state index in [0.717, 1.165) is 28.2 Å². The Morgan fingerprint density at radius 3 is 2.32 bits per heavy atom. The fourth-order valence-electron chi connectivity index (χ4n) is 3.70. The van der Waals surface area contributed by atoms with Gasteiger partial charge in [-0.05, 0) is 49.2 Å². The van der Waals surface area contributed by atoms with Crippen molar-refractivity contribution in [3.63, 3.8) is 0 Å². The topological polar surface area (TPSA) is 49.3 Å². The maximum absolute atomic E-state index is 14.9. The van der Waals surface area contributed by atoms with Gasteiger partial charge in [-0.15, -0.1) is 0 Å². The molecule has 0 radical (unpaired) electrons. The van der Waals surface area contributed by atoms with Gasteiger partial charge in [0, 0.05) is 30.9 Å². The fraction of sp³-hybridized carbons (Fsp3) is 0.208. The molecule has 4 rings (SSSR count). The number of rotatable bonds is 2. The summed E-state index contributed by atoms with van der Waals surface area (Å²) in [6.45, 7) is 2.05. The Hall–Kier alpha value is -3.79. The molecule has 0 N–H and O–H groups in total. The van der Waals surface area contributed by atoms with E-state index in [1.807, 2.05) is 37.3 Å². The second kappa shape index (κ2) is 8.15. The van der Waals surface area contributed by atoms with Crippen LogP contribution < -0.4 is 4.90 Å². The van der Waals surface area contributed by atoms with Gasteiger partial charge in [0.25, 0.3) is 0 Å². The zero-order chi connectivity index (χ0) is 22.0. The summed E-state index contributed by atoms with van der Waals surface area (Å²) in [5.74, 6) is 4.00. The number of hydrogen-bond acceptors (Lipinski definition) is 3. The van der Waals surface area contributed by atoms with Gasteiger partial charge in [0.2, 0.25) is 0 Å². The maximum atomic E-state index is 14.9. The number of carbonyl (C=O) groups excluding carboxylic acids is 1. The first-order valence-electron chi connectivity index (χ1n) is 9.79. The lowest BCUT2D eigenvalue weighted by molar-refractivity contribution is 0.126. The number of halogens is 2. The third kappa shape index (κ3) is 3.84. The van der Waals surface area contributed by atoms with Crippen LogP contribution in [0.15, 0.2) is 60.9 Å². The van der Waals surface area contributed by atoms with Crippen molar-refractivity contribution in [1.29, 1.82) is 0 Å². The molecule has 1 atom stereocenters. The van der Waals surface area contributed by atoms with Crippen molar-refractivity contribution in [2.24, 2.45) is 0 Å². The molecule has 0 saturated carbocycles. The average Bonchev–Trinajstić information content (AvgIpc) is 2.78. The third-order valence-corrected chi connectivity index (χ3v) is 5.70. The molecule has 2 heterocycles. The summed E-state index contributed by atoms with van der Waals surface area (Å²) >= 11 is 0. The van der Waals surface area contributed by atoms with Crippen LogP contribution in [0.4, 0.5) is 19.3 Å². The van der Waals surface area contributed by atoms with E-state index in [4.69, 9.17) is 0 Å². The SMILES string of the molecule is CN1C(=O)N(c2c(F)cc(C#Cc3ccccc3)cc2F)CCC1(C)c1ccnnc1. The Morgan fingerprint density at radius 1 is 1.00 bits per heavy atom. The minimum atomic E-state index is -0.826. The molecule has 0 spiro atoms. The Balaban J connectivity index is 1.62. The van der Waals surface area contributed by atoms with Gasteiger partial charge >= 0.3 is 6.03 Å². The first-order chi connectivity index (χ1) is 14.9. The molecule has 1 aromatic heterocycles. The van der Waals surface area contributed by atoms with Crippen LogP contribution in [0.25, 0.3) is 0 Å². The van der Waals surface area contributed by atoms with Gasteiger partial charge in [0.15, 0.2) is 11.6 Å². The van der Waals surface area contributed by atoms with Crippen molar-refractivity contribution in [3.8, 4) is 11.8 Å². The largest absolute Gasteiger partial charge is 0.325 e. The van der Waals surface area contributed by atoms with Gasteiger partial charge in [-0.2, -0.15) is 10.2 Å². The first-order valence-corrected chi connectivity index (χ1v) is 9.79. The van der Waals surface area contributed by atoms with Gasteiger partial charge < -0.3 is 4.90 Å². The standard InChI is InChI=1S/C24H20F2N4O/c1-24(19-10-12-27-28-16-19)11-13-30(23(31)29(24)2)22-20(25)14-18(15-21(22)26)9-8-17-6-4-3-5-7-17/h3-7,10,12,14-16H,11,13H2,1-2H3. The van der Waals surface area contributed by atoms with Crippen LogP contribution in [0.3, 0.4) is 0 Å². The molecule has 3 aromatic rings. The van der Waals surface area contributed by atoms with E-state index >= 15 is 0 Å². The lowest BCUT2D eigenvalue weighted by atomic mass is 9.86. The molecule has 0 bridgehead atoms. The highest BCUT2D eigenvalue weighted by Crippen LogP contribution is 2.37. The predicted octanol–water partition coefficient (Wildman–Crippen LogP) is 4.33. The quantitative estimate of drug-likeness (QED) is 0.582. The van der Waals surface area contributed by atoms with Crippen LogP contribution in [-0.4, -0.2) is 34.7 Å². The molecule has 156 valence electrons. The van der Waals surface area contributed by atoms with Gasteiger partial charge in [-0.1, -0.05) is 30.0 Å². The van der Waals surface area contributed by atoms with Crippen molar-refractivity contribution >= 4 is 11.7 Å². The summed E-state index contributed by atoms with van der Waals surface area (Å²) in [4.78, 5) is 15.7. The molecule has 2 aromatic carbocycles. The summed E-state index contributed by atoms with van der Waals surface area (Å²) in [7, 11) is 1.62. The molecule has 2 amide bonds. The summed E-state index contributed by atoms with van der Waals surface area (Å²) in [6.07, 6.45) is 3.62. The van der Waals surface area contributed by atoms with Crippen molar-refractivity contribution in [1.82, 2.24) is 15.1 Å². The van der Waals surface area contributed by atoms with Crippen LogP contribution in [0.1, 0.15) is 30.0 Å². The minimum Gasteiger partial charge on any atom is -0.318 e. The molecule has 1 aliphatic rings. The molecule has 1 unspecified atom stereocenters. The monoisotopic (exact) mass is 418 g/mol. The second-order valence-electron chi connectivity index (χ2n) is 7.55. The number of anilines is 1. The lowest BCUT2D eigenvalue weighted by Gasteiger charge is -2.46. The second-order valence-corrected chi connectivity index (χ2v) is 7.55. The number of amides is 2. The van der Waals surface area contributed by atoms with Crippen molar-refractivity contribution < 1.29 is 13.6 Å². The summed E-state index contributed by atoms with van der Waals surface area (Å²) in [5.41, 5.74) is 0.734. The van der Waals surface area contributed by atoms with E-state index in [-0.39, 0.29) is 17.8 Å². The smallest absolute Gasteiger partial charge is 0.318 e. The highest BCUT2D eigenvalue weighted by Gasteiger charge is 2.43. The molecule has 31 heavy (non-hydrogen) atoms. The van der Waals surface area contributed by atoms with Crippen LogP contribution >= 0.6 is 0 Å². The van der Waals surface area contributed by atoms with Crippen LogP contribution in [-0.2, 0) is 5.54 Å². The van der Waals surface area contributed by atoms with Crippen LogP contribution in [0.2, 0.25) is 0 Å². The highest BCUT2D eigenvalue weighted by molar-refractivity contribution is 5.93. The van der Waals surface area contributed by atoms with Crippen molar-refractivity contribution in [3.05, 3.63) is 89.2 Å². The third-order valence-electron chi connectivity index (χ3n) is 5.70. The predicted molar refractivity (Wildman–Crippen MR) is 113 cm³/mol. The maximum Gasteiger partial charge on any atom is 0.325 e. The lowest BCUT2D eigenvalue weighted by Crippen LogP contribution is -2.57. The van der Waals surface area contributed by atoms with Gasteiger partial charge in [0.05, 0.1) is 11.7 Å². The van der Waals surface area contributed by atoms with Crippen molar-refractivity contribution in [2.75, 3.05) is 18.5 Å². The minimum absolute atomic E-state index is 0.158. The molecular weight excluding hydrogens is 398 g/mol. The number of nitrogens with zero attached hydrogens (tertiary/aromatic N) is 4. The Labute approximate surface area is 179 Å². The Morgan fingerprint density at radius 2 is 1.68 bits per heavy atom. The van der Waals surface area contributed by atoms with Gasteiger partial charge in [0.1, 0.15) is 5.69 Å². The molecule has 5 nitrogen and oxygen atoms in total. The number of carbonyl (C=O) groups is 1. The molecule has 1 aliphatic heterocycles. The van der Waals surface area contributed by atoms with Crippen LogP contribution in [0, 0.1) is 23.5 Å². The van der Waals surface area contributed by atoms with E-state index < -0.39 is 23.2 Å². The molecular formula is C24H20F2N4O. The van der Waals surface area contributed by atoms with E-state index in [2.05, 4.69) is 22.0 Å². The molecule has 1 saturated heterocycles. The summed E-state index contributed by atoms with van der Waals surface area (Å²) in [5, 5.41) is 7.65. The van der Waals surface area contributed by atoms with Crippen LogP contribution in [0.5, 0.6) is 0 Å². The van der Waals surface area contributed by atoms with Crippen molar-refractivity contribution in [2.45, 2.75) is 18.9 Å². The summed E-state index contributed by atoms with van der Waals surface area (Å²) in [6, 6.07) is 12.8. The average molecular weight is 418 g/mol. The van der Waals surface area contributed by atoms with E-state index in [1.54, 1.807) is 25.5 Å². The van der Waals surface area contributed by atoms with Gasteiger partial charge in [-0.3, -0.25) is 4.90 Å². The number of urea groups is 1. The normalized spacial score (nSPS) is 18.5. The van der Waals surface area contributed by atoms with E-state index in [0.29, 0.717) is 6.42 Å². The number of aromatic nitrogens is 2. The van der Waals surface area contributed by atoms with E-state index in [1.165, 1.54) is 4.90 Å². The fourth-order valence-corrected chi connectivity index (χ4v) is 3.70. The Bertz CT molecular complexity index is 1150. The number of hydrogen-bond donors (Lipinski definition) is 0. The Kier molecular flexibility index (Phi) is 5.38. The summed E-state index contributed by atoms with van der Waals surface area (Å²) < 4.78 is 29.8. The number of benzene rings is 2. The van der Waals surface area contributed by atoms with Gasteiger partial charge in [-0.25, -0.2) is 13.6 Å². The highest BCUT2D eigenvalue weighted by atomic mass is 19.1. The zero-order valence-corrected chi connectivity index (χ0v) is 17.1. The van der Waals surface area contributed by atoms with E-state index in [9.17, 15) is 13.6 Å². The molecule has 1 fully saturated rings.